The van der Waals surface area contributed by atoms with Crippen molar-refractivity contribution in [3.05, 3.63) is 53.3 Å². The Morgan fingerprint density at radius 1 is 1.32 bits per heavy atom. The van der Waals surface area contributed by atoms with E-state index < -0.39 is 0 Å². The van der Waals surface area contributed by atoms with Gasteiger partial charge in [0.05, 0.1) is 12.2 Å². The largest absolute Gasteiger partial charge is 0.340 e. The number of aromatic amines is 1. The van der Waals surface area contributed by atoms with E-state index in [-0.39, 0.29) is 11.9 Å². The van der Waals surface area contributed by atoms with Gasteiger partial charge in [-0.15, -0.1) is 0 Å². The lowest BCUT2D eigenvalue weighted by Gasteiger charge is -2.36. The minimum Gasteiger partial charge on any atom is -0.340 e. The van der Waals surface area contributed by atoms with Crippen molar-refractivity contribution in [3.8, 4) is 0 Å². The number of benzene rings is 1. The van der Waals surface area contributed by atoms with Gasteiger partial charge >= 0.3 is 0 Å². The maximum Gasteiger partial charge on any atom is 0.239 e. The molecule has 0 spiro atoms. The first-order chi connectivity index (χ1) is 12.1. The molecule has 5 heteroatoms. The second kappa shape index (κ2) is 7.83. The van der Waals surface area contributed by atoms with Gasteiger partial charge in [-0.3, -0.25) is 14.8 Å². The van der Waals surface area contributed by atoms with Crippen molar-refractivity contribution in [1.29, 1.82) is 0 Å². The van der Waals surface area contributed by atoms with Crippen LogP contribution < -0.4 is 0 Å². The molecule has 1 aliphatic rings. The summed E-state index contributed by atoms with van der Waals surface area (Å²) in [6.07, 6.45) is 4.12. The number of nitrogens with one attached hydrogen (secondary N) is 1. The van der Waals surface area contributed by atoms with Gasteiger partial charge in [0.15, 0.2) is 0 Å². The summed E-state index contributed by atoms with van der Waals surface area (Å²) >= 11 is 0. The molecule has 0 saturated carbocycles. The number of rotatable bonds is 5. The summed E-state index contributed by atoms with van der Waals surface area (Å²) in [6, 6.07) is 10.1. The van der Waals surface area contributed by atoms with E-state index in [0.29, 0.717) is 12.5 Å². The van der Waals surface area contributed by atoms with E-state index in [0.717, 1.165) is 25.9 Å². The number of nitrogens with zero attached hydrogens (tertiary/aromatic N) is 3. The number of piperidine rings is 1. The van der Waals surface area contributed by atoms with Crippen molar-refractivity contribution in [1.82, 2.24) is 20.0 Å². The Morgan fingerprint density at radius 3 is 2.60 bits per heavy atom. The van der Waals surface area contributed by atoms with Gasteiger partial charge in [-0.1, -0.05) is 30.3 Å². The van der Waals surface area contributed by atoms with Crippen LogP contribution in [-0.2, 0) is 11.3 Å². The molecule has 5 nitrogen and oxygen atoms in total. The molecule has 2 heterocycles. The van der Waals surface area contributed by atoms with Gasteiger partial charge in [-0.05, 0) is 56.8 Å². The molecule has 1 aliphatic heterocycles. The first-order valence-corrected chi connectivity index (χ1v) is 9.09. The molecule has 1 unspecified atom stereocenters. The van der Waals surface area contributed by atoms with Crippen molar-refractivity contribution in [2.24, 2.45) is 0 Å². The van der Waals surface area contributed by atoms with Gasteiger partial charge in [-0.25, -0.2) is 0 Å². The van der Waals surface area contributed by atoms with Gasteiger partial charge in [-0.2, -0.15) is 5.10 Å². The fourth-order valence-electron chi connectivity index (χ4n) is 3.78. The van der Waals surface area contributed by atoms with Crippen LogP contribution in [0.2, 0.25) is 0 Å². The number of aryl methyl sites for hydroxylation is 1. The Kier molecular flexibility index (Phi) is 5.53. The lowest BCUT2D eigenvalue weighted by molar-refractivity contribution is -0.136. The predicted molar refractivity (Wildman–Crippen MR) is 99.3 cm³/mol. The zero-order valence-corrected chi connectivity index (χ0v) is 15.4. The van der Waals surface area contributed by atoms with Crippen molar-refractivity contribution >= 4 is 5.91 Å². The molecule has 0 bridgehead atoms. The minimum atomic E-state index is -0.0693. The predicted octanol–water partition coefficient (Wildman–Crippen LogP) is 2.94. The highest BCUT2D eigenvalue weighted by Gasteiger charge is 2.29. The maximum absolute atomic E-state index is 12.8. The number of aromatic nitrogens is 2. The van der Waals surface area contributed by atoms with Crippen LogP contribution in [0.4, 0.5) is 0 Å². The molecule has 3 rings (SSSR count). The number of carbonyl (C=O) groups excluding carboxylic acids is 1. The number of hydrogen-bond acceptors (Lipinski definition) is 3. The summed E-state index contributed by atoms with van der Waals surface area (Å²) in [7, 11) is 1.90. The van der Waals surface area contributed by atoms with Crippen molar-refractivity contribution in [2.75, 3.05) is 20.1 Å². The van der Waals surface area contributed by atoms with Crippen LogP contribution in [0, 0.1) is 6.92 Å². The fourth-order valence-corrected chi connectivity index (χ4v) is 3.78. The monoisotopic (exact) mass is 340 g/mol. The lowest BCUT2D eigenvalue weighted by Crippen LogP contribution is -2.48. The molecule has 2 aromatic rings. The maximum atomic E-state index is 12.8. The summed E-state index contributed by atoms with van der Waals surface area (Å²) in [5, 5.41) is 7.17. The quantitative estimate of drug-likeness (QED) is 0.910. The molecule has 1 aromatic heterocycles. The number of carbonyl (C=O) groups is 1. The van der Waals surface area contributed by atoms with E-state index in [4.69, 9.17) is 0 Å². The van der Waals surface area contributed by atoms with Crippen LogP contribution in [0.15, 0.2) is 36.5 Å². The Hall–Kier alpha value is -2.14. The molecule has 134 valence electrons. The van der Waals surface area contributed by atoms with Gasteiger partial charge in [0, 0.05) is 19.3 Å². The average molecular weight is 340 g/mol. The Balaban J connectivity index is 1.54. The van der Waals surface area contributed by atoms with Crippen LogP contribution in [0.25, 0.3) is 0 Å². The number of likely N-dealkylation sites (tertiary alicyclic amines) is 1. The highest BCUT2D eigenvalue weighted by molar-refractivity contribution is 5.81. The first kappa shape index (κ1) is 17.7. The Bertz CT molecular complexity index is 689. The molecule has 1 N–H and O–H groups in total. The van der Waals surface area contributed by atoms with Gasteiger partial charge < -0.3 is 4.90 Å². The van der Waals surface area contributed by atoms with Crippen LogP contribution in [0.5, 0.6) is 0 Å². The van der Waals surface area contributed by atoms with Crippen LogP contribution >= 0.6 is 0 Å². The van der Waals surface area contributed by atoms with Gasteiger partial charge in [0.1, 0.15) is 0 Å². The molecule has 0 aliphatic carbocycles. The molecule has 1 atom stereocenters. The first-order valence-electron chi connectivity index (χ1n) is 9.09. The topological polar surface area (TPSA) is 52.2 Å². The Labute approximate surface area is 150 Å². The summed E-state index contributed by atoms with van der Waals surface area (Å²) in [4.78, 5) is 16.9. The zero-order chi connectivity index (χ0) is 17.8. The third-order valence-electron chi connectivity index (χ3n) is 5.38. The van der Waals surface area contributed by atoms with Crippen molar-refractivity contribution in [3.63, 3.8) is 0 Å². The molecule has 1 fully saturated rings. The third-order valence-corrected chi connectivity index (χ3v) is 5.38. The summed E-state index contributed by atoms with van der Waals surface area (Å²) in [6.45, 7) is 6.70. The van der Waals surface area contributed by atoms with Crippen molar-refractivity contribution in [2.45, 2.75) is 45.2 Å². The highest BCUT2D eigenvalue weighted by Crippen LogP contribution is 2.30. The molecular weight excluding hydrogens is 312 g/mol. The summed E-state index contributed by atoms with van der Waals surface area (Å²) in [5.74, 6) is 0.751. The summed E-state index contributed by atoms with van der Waals surface area (Å²) in [5.41, 5.74) is 3.67. The molecule has 1 aromatic carbocycles. The van der Waals surface area contributed by atoms with Crippen molar-refractivity contribution < 1.29 is 4.79 Å². The van der Waals surface area contributed by atoms with Crippen LogP contribution in [0.1, 0.15) is 42.5 Å². The number of likely N-dealkylation sites (N-methyl/N-ethyl adjacent to an activating group) is 1. The van der Waals surface area contributed by atoms with E-state index in [2.05, 4.69) is 34.2 Å². The summed E-state index contributed by atoms with van der Waals surface area (Å²) < 4.78 is 0. The second-order valence-electron chi connectivity index (χ2n) is 7.12. The molecule has 0 radical (unpaired) electrons. The normalized spacial score (nSPS) is 17.4. The SMILES string of the molecule is Cc1[nH]ncc1C1CCN(C(C)C(=O)N(C)Cc2ccccc2)CC1. The van der Waals surface area contributed by atoms with E-state index in [1.807, 2.05) is 43.3 Å². The highest BCUT2D eigenvalue weighted by atomic mass is 16.2. The van der Waals surface area contributed by atoms with E-state index in [1.165, 1.54) is 16.8 Å². The molecular formula is C20H28N4O. The zero-order valence-electron chi connectivity index (χ0n) is 15.4. The average Bonchev–Trinajstić information content (AvgIpc) is 3.07. The van der Waals surface area contributed by atoms with E-state index in [9.17, 15) is 4.79 Å². The van der Waals surface area contributed by atoms with Crippen LogP contribution in [-0.4, -0.2) is 52.1 Å². The minimum absolute atomic E-state index is 0.0693. The van der Waals surface area contributed by atoms with E-state index >= 15 is 0 Å². The fraction of sp³-hybridized carbons (Fsp3) is 0.500. The molecule has 1 saturated heterocycles. The van der Waals surface area contributed by atoms with Gasteiger partial charge in [0.2, 0.25) is 5.91 Å². The smallest absolute Gasteiger partial charge is 0.239 e. The molecule has 25 heavy (non-hydrogen) atoms. The molecule has 1 amide bonds. The van der Waals surface area contributed by atoms with Gasteiger partial charge in [0.25, 0.3) is 0 Å². The third kappa shape index (κ3) is 4.10. The second-order valence-corrected chi connectivity index (χ2v) is 7.12. The lowest BCUT2D eigenvalue weighted by atomic mass is 9.89. The number of hydrogen-bond donors (Lipinski definition) is 1. The Morgan fingerprint density at radius 2 is 2.00 bits per heavy atom. The van der Waals surface area contributed by atoms with Crippen LogP contribution in [0.3, 0.4) is 0 Å². The number of H-pyrrole nitrogens is 1. The standard InChI is InChI=1S/C20H28N4O/c1-15-19(13-21-22-15)18-9-11-24(12-10-18)16(2)20(25)23(3)14-17-7-5-4-6-8-17/h4-8,13,16,18H,9-12,14H2,1-3H3,(H,21,22). The number of amides is 1. The van der Waals surface area contributed by atoms with E-state index in [1.54, 1.807) is 0 Å².